The highest BCUT2D eigenvalue weighted by molar-refractivity contribution is 7.17. The molecule has 3 heterocycles. The van der Waals surface area contributed by atoms with Crippen molar-refractivity contribution < 1.29 is 9.59 Å². The molecule has 26 heavy (non-hydrogen) atoms. The Morgan fingerprint density at radius 3 is 2.77 bits per heavy atom. The van der Waals surface area contributed by atoms with E-state index in [0.29, 0.717) is 21.0 Å². The SMILES string of the molecule is O=C(Nc1sc2c(c1C(=O)c1cccs1)CCCC2)c1cccnc1Cl. The third-order valence-electron chi connectivity index (χ3n) is 4.37. The molecule has 3 aromatic rings. The lowest BCUT2D eigenvalue weighted by Crippen LogP contribution is -2.15. The molecule has 0 saturated heterocycles. The predicted molar refractivity (Wildman–Crippen MR) is 106 cm³/mol. The number of fused-ring (bicyclic) bond motifs is 1. The molecule has 4 rings (SSSR count). The third-order valence-corrected chi connectivity index (χ3v) is 6.75. The summed E-state index contributed by atoms with van der Waals surface area (Å²) in [6, 6.07) is 6.98. The molecule has 1 aliphatic carbocycles. The number of hydrogen-bond donors (Lipinski definition) is 1. The fraction of sp³-hybridized carbons (Fsp3) is 0.211. The number of rotatable bonds is 4. The van der Waals surface area contributed by atoms with Gasteiger partial charge < -0.3 is 5.32 Å². The van der Waals surface area contributed by atoms with Gasteiger partial charge in [-0.1, -0.05) is 17.7 Å². The molecular weight excluding hydrogens is 388 g/mol. The smallest absolute Gasteiger partial charge is 0.259 e. The minimum atomic E-state index is -0.345. The van der Waals surface area contributed by atoms with Crippen molar-refractivity contribution in [2.75, 3.05) is 5.32 Å². The molecule has 0 bridgehead atoms. The molecule has 0 saturated carbocycles. The van der Waals surface area contributed by atoms with E-state index in [4.69, 9.17) is 11.6 Å². The van der Waals surface area contributed by atoms with Crippen molar-refractivity contribution in [2.45, 2.75) is 25.7 Å². The van der Waals surface area contributed by atoms with E-state index < -0.39 is 0 Å². The van der Waals surface area contributed by atoms with Crippen LogP contribution in [0.3, 0.4) is 0 Å². The second-order valence-corrected chi connectivity index (χ2v) is 8.43. The maximum Gasteiger partial charge on any atom is 0.259 e. The van der Waals surface area contributed by atoms with Crippen LogP contribution in [0.4, 0.5) is 5.00 Å². The van der Waals surface area contributed by atoms with Crippen LogP contribution >= 0.6 is 34.3 Å². The number of carbonyl (C=O) groups is 2. The van der Waals surface area contributed by atoms with Crippen LogP contribution in [-0.2, 0) is 12.8 Å². The van der Waals surface area contributed by atoms with Crippen molar-refractivity contribution in [2.24, 2.45) is 0 Å². The first-order valence-electron chi connectivity index (χ1n) is 8.29. The van der Waals surface area contributed by atoms with Gasteiger partial charge in [-0.05, 0) is 54.8 Å². The lowest BCUT2D eigenvalue weighted by atomic mass is 9.93. The zero-order valence-electron chi connectivity index (χ0n) is 13.8. The number of amides is 1. The average molecular weight is 403 g/mol. The molecule has 0 atom stereocenters. The van der Waals surface area contributed by atoms with E-state index >= 15 is 0 Å². The highest BCUT2D eigenvalue weighted by Crippen LogP contribution is 2.40. The van der Waals surface area contributed by atoms with Crippen LogP contribution in [0.25, 0.3) is 0 Å². The predicted octanol–water partition coefficient (Wildman–Crippen LogP) is 5.22. The van der Waals surface area contributed by atoms with Crippen LogP contribution < -0.4 is 5.32 Å². The molecule has 0 aromatic carbocycles. The van der Waals surface area contributed by atoms with Gasteiger partial charge in [-0.3, -0.25) is 9.59 Å². The van der Waals surface area contributed by atoms with Gasteiger partial charge >= 0.3 is 0 Å². The molecule has 7 heteroatoms. The zero-order chi connectivity index (χ0) is 18.1. The normalized spacial score (nSPS) is 13.3. The van der Waals surface area contributed by atoms with Gasteiger partial charge in [-0.25, -0.2) is 4.98 Å². The minimum absolute atomic E-state index is 0.0213. The second kappa shape index (κ2) is 7.31. The largest absolute Gasteiger partial charge is 0.313 e. The number of nitrogens with one attached hydrogen (secondary N) is 1. The summed E-state index contributed by atoms with van der Waals surface area (Å²) in [6.07, 6.45) is 5.54. The van der Waals surface area contributed by atoms with Gasteiger partial charge in [-0.15, -0.1) is 22.7 Å². The van der Waals surface area contributed by atoms with Crippen molar-refractivity contribution >= 4 is 51.0 Å². The summed E-state index contributed by atoms with van der Waals surface area (Å²) in [5.74, 6) is -0.367. The van der Waals surface area contributed by atoms with E-state index in [-0.39, 0.29) is 16.8 Å². The molecule has 0 aliphatic heterocycles. The van der Waals surface area contributed by atoms with Gasteiger partial charge in [0, 0.05) is 11.1 Å². The van der Waals surface area contributed by atoms with Crippen LogP contribution in [0, 0.1) is 0 Å². The van der Waals surface area contributed by atoms with Crippen molar-refractivity contribution in [1.82, 2.24) is 4.98 Å². The fourth-order valence-corrected chi connectivity index (χ4v) is 5.31. The van der Waals surface area contributed by atoms with Crippen LogP contribution in [0.15, 0.2) is 35.8 Å². The highest BCUT2D eigenvalue weighted by atomic mass is 35.5. The number of ketones is 1. The average Bonchev–Trinajstić information content (AvgIpc) is 3.29. The molecule has 3 aromatic heterocycles. The first kappa shape index (κ1) is 17.4. The molecular formula is C19H15ClN2O2S2. The van der Waals surface area contributed by atoms with Gasteiger partial charge in [0.2, 0.25) is 5.78 Å². The summed E-state index contributed by atoms with van der Waals surface area (Å²) in [6.45, 7) is 0. The number of halogens is 1. The lowest BCUT2D eigenvalue weighted by Gasteiger charge is -2.12. The molecule has 1 N–H and O–H groups in total. The van der Waals surface area contributed by atoms with Crippen molar-refractivity contribution in [3.8, 4) is 0 Å². The van der Waals surface area contributed by atoms with E-state index in [1.54, 1.807) is 12.1 Å². The third kappa shape index (κ3) is 3.20. The Hall–Kier alpha value is -2.02. The quantitative estimate of drug-likeness (QED) is 0.480. The summed E-state index contributed by atoms with van der Waals surface area (Å²) >= 11 is 8.96. The Kier molecular flexibility index (Phi) is 4.89. The number of pyridine rings is 1. The Morgan fingerprint density at radius 2 is 2.00 bits per heavy atom. The molecule has 0 radical (unpaired) electrons. The number of nitrogens with zero attached hydrogens (tertiary/aromatic N) is 1. The standard InChI is InChI=1S/C19H15ClN2O2S2/c20-17-12(6-3-9-21-17)18(24)22-19-15(16(23)14-8-4-10-25-14)11-5-1-2-7-13(11)26-19/h3-4,6,8-10H,1-2,5,7H2,(H,22,24). The van der Waals surface area contributed by atoms with E-state index in [2.05, 4.69) is 10.3 Å². The molecule has 1 amide bonds. The summed E-state index contributed by atoms with van der Waals surface area (Å²) < 4.78 is 0. The minimum Gasteiger partial charge on any atom is -0.313 e. The van der Waals surface area contributed by atoms with E-state index in [0.717, 1.165) is 31.2 Å². The van der Waals surface area contributed by atoms with Gasteiger partial charge in [0.05, 0.1) is 16.0 Å². The Bertz CT molecular complexity index is 980. The number of anilines is 1. The summed E-state index contributed by atoms with van der Waals surface area (Å²) in [5.41, 5.74) is 2.03. The molecule has 0 spiro atoms. The van der Waals surface area contributed by atoms with E-state index in [9.17, 15) is 9.59 Å². The van der Waals surface area contributed by atoms with Crippen molar-refractivity contribution in [3.05, 3.63) is 67.4 Å². The van der Waals surface area contributed by atoms with Gasteiger partial charge in [0.15, 0.2) is 0 Å². The Labute approximate surface area is 163 Å². The van der Waals surface area contributed by atoms with Crippen LogP contribution in [-0.4, -0.2) is 16.7 Å². The first-order chi connectivity index (χ1) is 12.6. The molecule has 0 fully saturated rings. The van der Waals surface area contributed by atoms with E-state index in [1.807, 2.05) is 17.5 Å². The maximum absolute atomic E-state index is 13.1. The van der Waals surface area contributed by atoms with Gasteiger partial charge in [0.1, 0.15) is 10.2 Å². The molecule has 0 unspecified atom stereocenters. The number of aryl methyl sites for hydroxylation is 1. The number of hydrogen-bond acceptors (Lipinski definition) is 5. The maximum atomic E-state index is 13.1. The van der Waals surface area contributed by atoms with Gasteiger partial charge in [-0.2, -0.15) is 0 Å². The number of thiophene rings is 2. The first-order valence-corrected chi connectivity index (χ1v) is 10.4. The fourth-order valence-electron chi connectivity index (χ4n) is 3.15. The lowest BCUT2D eigenvalue weighted by molar-refractivity contribution is 0.102. The molecule has 4 nitrogen and oxygen atoms in total. The summed E-state index contributed by atoms with van der Waals surface area (Å²) in [4.78, 5) is 31.6. The van der Waals surface area contributed by atoms with E-state index in [1.165, 1.54) is 33.7 Å². The Balaban J connectivity index is 1.74. The van der Waals surface area contributed by atoms with Crippen molar-refractivity contribution in [3.63, 3.8) is 0 Å². The Morgan fingerprint density at radius 1 is 1.15 bits per heavy atom. The highest BCUT2D eigenvalue weighted by Gasteiger charge is 2.28. The molecule has 1 aliphatic rings. The summed E-state index contributed by atoms with van der Waals surface area (Å²) in [5, 5.41) is 5.56. The van der Waals surface area contributed by atoms with Crippen LogP contribution in [0.1, 0.15) is 48.9 Å². The topological polar surface area (TPSA) is 59.1 Å². The monoisotopic (exact) mass is 402 g/mol. The zero-order valence-corrected chi connectivity index (χ0v) is 16.1. The summed E-state index contributed by atoms with van der Waals surface area (Å²) in [7, 11) is 0. The second-order valence-electron chi connectivity index (χ2n) is 6.02. The van der Waals surface area contributed by atoms with Crippen LogP contribution in [0.5, 0.6) is 0 Å². The van der Waals surface area contributed by atoms with Gasteiger partial charge in [0.25, 0.3) is 5.91 Å². The van der Waals surface area contributed by atoms with Crippen LogP contribution in [0.2, 0.25) is 5.15 Å². The number of carbonyl (C=O) groups excluding carboxylic acids is 2. The van der Waals surface area contributed by atoms with Crippen molar-refractivity contribution in [1.29, 1.82) is 0 Å². The molecule has 132 valence electrons. The number of aromatic nitrogens is 1.